The number of nitrogens with one attached hydrogen (secondary N) is 1. The fourth-order valence-corrected chi connectivity index (χ4v) is 3.74. The summed E-state index contributed by atoms with van der Waals surface area (Å²) < 4.78 is 1.93. The number of fused-ring (bicyclic) bond motifs is 1. The highest BCUT2D eigenvalue weighted by atomic mass is 35.5. The number of hydrogen-bond acceptors (Lipinski definition) is 2. The molecule has 0 spiro atoms. The summed E-state index contributed by atoms with van der Waals surface area (Å²) in [4.78, 5) is 12.6. The third kappa shape index (κ3) is 3.75. The molecule has 1 aliphatic rings. The Bertz CT molecular complexity index is 911. The third-order valence-corrected chi connectivity index (χ3v) is 5.34. The fraction of sp³-hybridized carbons (Fsp3) is 0.333. The number of carbonyl (C=O) groups excluding carboxylic acids is 1. The molecule has 1 aliphatic carbocycles. The number of hydrogen-bond donors (Lipinski definition) is 1. The molecule has 1 heterocycles. The van der Waals surface area contributed by atoms with Crippen LogP contribution in [0.3, 0.4) is 0 Å². The molecule has 5 heteroatoms. The van der Waals surface area contributed by atoms with Crippen LogP contribution in [0.4, 0.5) is 0 Å². The van der Waals surface area contributed by atoms with Gasteiger partial charge in [0.2, 0.25) is 0 Å². The molecular formula is C21H22ClN3O. The van der Waals surface area contributed by atoms with Gasteiger partial charge in [-0.15, -0.1) is 0 Å². The van der Waals surface area contributed by atoms with Crippen molar-refractivity contribution in [2.45, 2.75) is 44.7 Å². The van der Waals surface area contributed by atoms with Gasteiger partial charge in [-0.05, 0) is 42.7 Å². The zero-order valence-electron chi connectivity index (χ0n) is 14.6. The number of halogens is 1. The van der Waals surface area contributed by atoms with Crippen molar-refractivity contribution in [1.29, 1.82) is 0 Å². The molecule has 1 amide bonds. The first-order valence-electron chi connectivity index (χ1n) is 9.20. The van der Waals surface area contributed by atoms with Gasteiger partial charge >= 0.3 is 0 Å². The first-order valence-corrected chi connectivity index (χ1v) is 9.58. The monoisotopic (exact) mass is 367 g/mol. The third-order valence-electron chi connectivity index (χ3n) is 5.09. The van der Waals surface area contributed by atoms with Gasteiger partial charge in [0.25, 0.3) is 5.91 Å². The minimum Gasteiger partial charge on any atom is -0.349 e. The van der Waals surface area contributed by atoms with Gasteiger partial charge in [-0.25, -0.2) is 0 Å². The van der Waals surface area contributed by atoms with E-state index < -0.39 is 0 Å². The second-order valence-corrected chi connectivity index (χ2v) is 7.45. The van der Waals surface area contributed by atoms with E-state index in [0.717, 1.165) is 34.3 Å². The van der Waals surface area contributed by atoms with Crippen LogP contribution in [-0.2, 0) is 6.54 Å². The van der Waals surface area contributed by atoms with Crippen molar-refractivity contribution in [1.82, 2.24) is 15.1 Å². The van der Waals surface area contributed by atoms with Crippen molar-refractivity contribution in [2.75, 3.05) is 0 Å². The van der Waals surface area contributed by atoms with E-state index in [0.29, 0.717) is 18.2 Å². The molecule has 0 bridgehead atoms. The highest BCUT2D eigenvalue weighted by molar-refractivity contribution is 6.30. The van der Waals surface area contributed by atoms with Crippen LogP contribution in [0.25, 0.3) is 10.9 Å². The Hall–Kier alpha value is -2.33. The van der Waals surface area contributed by atoms with Crippen LogP contribution in [0.1, 0.15) is 48.0 Å². The molecule has 0 saturated heterocycles. The topological polar surface area (TPSA) is 46.9 Å². The summed E-state index contributed by atoms with van der Waals surface area (Å²) in [7, 11) is 0. The molecule has 2 aromatic carbocycles. The Kier molecular flexibility index (Phi) is 4.93. The van der Waals surface area contributed by atoms with Gasteiger partial charge in [0.15, 0.2) is 0 Å². The molecule has 1 saturated carbocycles. The number of amides is 1. The van der Waals surface area contributed by atoms with Crippen molar-refractivity contribution in [3.8, 4) is 0 Å². The zero-order valence-corrected chi connectivity index (χ0v) is 15.4. The maximum atomic E-state index is 12.6. The van der Waals surface area contributed by atoms with E-state index in [-0.39, 0.29) is 5.91 Å². The number of rotatable bonds is 4. The Labute approximate surface area is 158 Å². The van der Waals surface area contributed by atoms with E-state index >= 15 is 0 Å². The molecule has 0 aliphatic heterocycles. The number of benzene rings is 2. The van der Waals surface area contributed by atoms with E-state index in [9.17, 15) is 4.79 Å². The standard InChI is InChI=1S/C21H22ClN3O/c22-18-10-6-15(7-11-18)14-25-20-12-16(8-9-17(20)13-23-25)21(26)24-19-4-2-1-3-5-19/h6-13,19H,1-5,14H2,(H,24,26). The maximum Gasteiger partial charge on any atom is 0.251 e. The molecule has 0 atom stereocenters. The van der Waals surface area contributed by atoms with Crippen LogP contribution >= 0.6 is 11.6 Å². The summed E-state index contributed by atoms with van der Waals surface area (Å²) in [5.74, 6) is 0.0121. The van der Waals surface area contributed by atoms with Gasteiger partial charge in [-0.1, -0.05) is 49.1 Å². The average Bonchev–Trinajstić information content (AvgIpc) is 3.06. The summed E-state index contributed by atoms with van der Waals surface area (Å²) in [6.07, 6.45) is 7.71. The molecule has 26 heavy (non-hydrogen) atoms. The van der Waals surface area contributed by atoms with E-state index in [2.05, 4.69) is 10.4 Å². The lowest BCUT2D eigenvalue weighted by molar-refractivity contribution is 0.0928. The number of carbonyl (C=O) groups is 1. The highest BCUT2D eigenvalue weighted by Crippen LogP contribution is 2.20. The van der Waals surface area contributed by atoms with Crippen LogP contribution in [-0.4, -0.2) is 21.7 Å². The minimum absolute atomic E-state index is 0.0121. The van der Waals surface area contributed by atoms with Gasteiger partial charge in [0.1, 0.15) is 0 Å². The van der Waals surface area contributed by atoms with Gasteiger partial charge in [-0.2, -0.15) is 5.10 Å². The second kappa shape index (κ2) is 7.50. The first kappa shape index (κ1) is 17.1. The maximum absolute atomic E-state index is 12.6. The molecule has 1 fully saturated rings. The predicted molar refractivity (Wildman–Crippen MR) is 105 cm³/mol. The largest absolute Gasteiger partial charge is 0.349 e. The van der Waals surface area contributed by atoms with Crippen LogP contribution < -0.4 is 5.32 Å². The molecule has 1 aromatic heterocycles. The van der Waals surface area contributed by atoms with Crippen LogP contribution in [0.2, 0.25) is 5.02 Å². The second-order valence-electron chi connectivity index (χ2n) is 7.01. The molecule has 0 radical (unpaired) electrons. The van der Waals surface area contributed by atoms with Crippen molar-refractivity contribution in [2.24, 2.45) is 0 Å². The lowest BCUT2D eigenvalue weighted by Crippen LogP contribution is -2.36. The average molecular weight is 368 g/mol. The van der Waals surface area contributed by atoms with Gasteiger partial charge < -0.3 is 5.32 Å². The van der Waals surface area contributed by atoms with Crippen molar-refractivity contribution in [3.05, 3.63) is 64.8 Å². The SMILES string of the molecule is O=C(NC1CCCCC1)c1ccc2cnn(Cc3ccc(Cl)cc3)c2c1. The van der Waals surface area contributed by atoms with Crippen LogP contribution in [0.15, 0.2) is 48.7 Å². The molecule has 134 valence electrons. The predicted octanol–water partition coefficient (Wildman–Crippen LogP) is 4.80. The van der Waals surface area contributed by atoms with Gasteiger partial charge in [-0.3, -0.25) is 9.48 Å². The summed E-state index contributed by atoms with van der Waals surface area (Å²) >= 11 is 5.96. The lowest BCUT2D eigenvalue weighted by atomic mass is 9.95. The number of nitrogens with zero attached hydrogens (tertiary/aromatic N) is 2. The molecule has 0 unspecified atom stereocenters. The summed E-state index contributed by atoms with van der Waals surface area (Å²) in [6, 6.07) is 13.9. The first-order chi connectivity index (χ1) is 12.7. The number of aromatic nitrogens is 2. The molecule has 3 aromatic rings. The van der Waals surface area contributed by atoms with Crippen LogP contribution in [0.5, 0.6) is 0 Å². The molecule has 4 rings (SSSR count). The Morgan fingerprint density at radius 2 is 1.88 bits per heavy atom. The van der Waals surface area contributed by atoms with E-state index in [1.165, 1.54) is 19.3 Å². The molecule has 1 N–H and O–H groups in total. The zero-order chi connectivity index (χ0) is 17.9. The minimum atomic E-state index is 0.0121. The van der Waals surface area contributed by atoms with Crippen molar-refractivity contribution < 1.29 is 4.79 Å². The lowest BCUT2D eigenvalue weighted by Gasteiger charge is -2.22. The van der Waals surface area contributed by atoms with E-state index in [4.69, 9.17) is 11.6 Å². The Balaban J connectivity index is 1.55. The summed E-state index contributed by atoms with van der Waals surface area (Å²) in [5, 5.41) is 9.42. The summed E-state index contributed by atoms with van der Waals surface area (Å²) in [5.41, 5.74) is 2.79. The Morgan fingerprint density at radius 3 is 2.65 bits per heavy atom. The highest BCUT2D eigenvalue weighted by Gasteiger charge is 2.17. The normalized spacial score (nSPS) is 15.3. The van der Waals surface area contributed by atoms with E-state index in [1.807, 2.05) is 53.3 Å². The van der Waals surface area contributed by atoms with Gasteiger partial charge in [0.05, 0.1) is 18.3 Å². The quantitative estimate of drug-likeness (QED) is 0.719. The summed E-state index contributed by atoms with van der Waals surface area (Å²) in [6.45, 7) is 0.647. The smallest absolute Gasteiger partial charge is 0.251 e. The molecule has 4 nitrogen and oxygen atoms in total. The van der Waals surface area contributed by atoms with Crippen LogP contribution in [0, 0.1) is 0 Å². The van der Waals surface area contributed by atoms with Crippen molar-refractivity contribution in [3.63, 3.8) is 0 Å². The molecular weight excluding hydrogens is 346 g/mol. The van der Waals surface area contributed by atoms with E-state index in [1.54, 1.807) is 0 Å². The van der Waals surface area contributed by atoms with Gasteiger partial charge in [0, 0.05) is 22.0 Å². The fourth-order valence-electron chi connectivity index (χ4n) is 3.62. The van der Waals surface area contributed by atoms with Crippen molar-refractivity contribution >= 4 is 28.4 Å². The Morgan fingerprint density at radius 1 is 1.12 bits per heavy atom.